The van der Waals surface area contributed by atoms with Crippen LogP contribution in [0.15, 0.2) is 64.5 Å². The summed E-state index contributed by atoms with van der Waals surface area (Å²) < 4.78 is 12.8. The Morgan fingerprint density at radius 3 is 2.69 bits per heavy atom. The number of nitrogens with zero attached hydrogens (tertiary/aromatic N) is 1. The van der Waals surface area contributed by atoms with Crippen molar-refractivity contribution < 1.29 is 19.4 Å². The lowest BCUT2D eigenvalue weighted by atomic mass is 9.94. The molecule has 1 fully saturated rings. The lowest BCUT2D eigenvalue weighted by molar-refractivity contribution is -0.143. The summed E-state index contributed by atoms with van der Waals surface area (Å²) in [6.07, 6.45) is 1.59. The van der Waals surface area contributed by atoms with E-state index >= 15 is 0 Å². The standard InChI is InChI=1S/C25H26BrNO4S/c1-30-21-14-18(9-10-20(21)31-16-17-6-3-2-4-7-17)24(22-11-12-23(26)32-22)27-13-5-8-19(15-27)25(28)29/h2-4,6-7,9-12,14,19,24H,5,8,13,15-16H2,1H3,(H,28,29). The van der Waals surface area contributed by atoms with Crippen molar-refractivity contribution in [3.8, 4) is 11.5 Å². The molecule has 168 valence electrons. The summed E-state index contributed by atoms with van der Waals surface area (Å²) in [5.74, 6) is 0.298. The summed E-state index contributed by atoms with van der Waals surface area (Å²) in [5.41, 5.74) is 2.15. The molecular weight excluding hydrogens is 490 g/mol. The molecule has 0 saturated carbocycles. The molecule has 2 aromatic carbocycles. The summed E-state index contributed by atoms with van der Waals surface area (Å²) in [4.78, 5) is 15.1. The van der Waals surface area contributed by atoms with E-state index in [4.69, 9.17) is 9.47 Å². The van der Waals surface area contributed by atoms with Gasteiger partial charge in [-0.15, -0.1) is 11.3 Å². The fraction of sp³-hybridized carbons (Fsp3) is 0.320. The van der Waals surface area contributed by atoms with Crippen molar-refractivity contribution in [2.45, 2.75) is 25.5 Å². The second-order valence-electron chi connectivity index (χ2n) is 7.90. The van der Waals surface area contributed by atoms with E-state index in [9.17, 15) is 9.90 Å². The van der Waals surface area contributed by atoms with E-state index < -0.39 is 5.97 Å². The van der Waals surface area contributed by atoms with Crippen LogP contribution in [0.3, 0.4) is 0 Å². The number of carbonyl (C=O) groups is 1. The number of carboxylic acids is 1. The van der Waals surface area contributed by atoms with Gasteiger partial charge in [0.25, 0.3) is 0 Å². The number of thiophene rings is 1. The highest BCUT2D eigenvalue weighted by molar-refractivity contribution is 9.11. The highest BCUT2D eigenvalue weighted by Crippen LogP contribution is 2.40. The third kappa shape index (κ3) is 5.34. The lowest BCUT2D eigenvalue weighted by Gasteiger charge is -2.37. The van der Waals surface area contributed by atoms with Crippen LogP contribution in [0.2, 0.25) is 0 Å². The Kier molecular flexibility index (Phi) is 7.50. The molecule has 2 unspecified atom stereocenters. The first-order valence-electron chi connectivity index (χ1n) is 10.6. The molecule has 2 atom stereocenters. The smallest absolute Gasteiger partial charge is 0.307 e. The molecule has 5 nitrogen and oxygen atoms in total. The second kappa shape index (κ2) is 10.5. The van der Waals surface area contributed by atoms with Gasteiger partial charge < -0.3 is 14.6 Å². The van der Waals surface area contributed by atoms with Gasteiger partial charge in [0.05, 0.1) is 22.9 Å². The van der Waals surface area contributed by atoms with Crippen molar-refractivity contribution in [3.05, 3.63) is 80.5 Å². The van der Waals surface area contributed by atoms with Gasteiger partial charge in [-0.1, -0.05) is 36.4 Å². The van der Waals surface area contributed by atoms with Crippen molar-refractivity contribution in [3.63, 3.8) is 0 Å². The van der Waals surface area contributed by atoms with Crippen LogP contribution in [-0.4, -0.2) is 36.2 Å². The minimum atomic E-state index is -0.719. The number of piperidine rings is 1. The molecule has 0 radical (unpaired) electrons. The van der Waals surface area contributed by atoms with Gasteiger partial charge in [0.15, 0.2) is 11.5 Å². The Morgan fingerprint density at radius 2 is 2.00 bits per heavy atom. The summed E-state index contributed by atoms with van der Waals surface area (Å²) in [6, 6.07) is 20.2. The number of halogens is 1. The first-order valence-corrected chi connectivity index (χ1v) is 12.2. The van der Waals surface area contributed by atoms with E-state index in [2.05, 4.69) is 33.0 Å². The summed E-state index contributed by atoms with van der Waals surface area (Å²) >= 11 is 5.25. The Morgan fingerprint density at radius 1 is 1.19 bits per heavy atom. The van der Waals surface area contributed by atoms with Crippen LogP contribution in [0.4, 0.5) is 0 Å². The molecule has 1 saturated heterocycles. The van der Waals surface area contributed by atoms with E-state index in [-0.39, 0.29) is 12.0 Å². The molecule has 3 aromatic rings. The molecule has 1 aliphatic heterocycles. The fourth-order valence-electron chi connectivity index (χ4n) is 4.18. The maximum absolute atomic E-state index is 11.7. The van der Waals surface area contributed by atoms with Crippen molar-refractivity contribution in [1.82, 2.24) is 4.90 Å². The van der Waals surface area contributed by atoms with Crippen molar-refractivity contribution in [2.24, 2.45) is 5.92 Å². The monoisotopic (exact) mass is 515 g/mol. The zero-order chi connectivity index (χ0) is 22.5. The van der Waals surface area contributed by atoms with E-state index in [1.807, 2.05) is 48.5 Å². The number of methoxy groups -OCH3 is 1. The van der Waals surface area contributed by atoms with Crippen molar-refractivity contribution >= 4 is 33.2 Å². The maximum Gasteiger partial charge on any atom is 0.307 e. The molecule has 4 rings (SSSR count). The van der Waals surface area contributed by atoms with Crippen LogP contribution in [0.5, 0.6) is 11.5 Å². The van der Waals surface area contributed by atoms with Crippen LogP contribution >= 0.6 is 27.3 Å². The predicted octanol–water partition coefficient (Wildman–Crippen LogP) is 5.98. The van der Waals surface area contributed by atoms with Gasteiger partial charge in [-0.2, -0.15) is 0 Å². The lowest BCUT2D eigenvalue weighted by Crippen LogP contribution is -2.41. The van der Waals surface area contributed by atoms with E-state index in [1.165, 1.54) is 4.88 Å². The minimum absolute atomic E-state index is 0.0366. The predicted molar refractivity (Wildman–Crippen MR) is 130 cm³/mol. The highest BCUT2D eigenvalue weighted by atomic mass is 79.9. The Hall–Kier alpha value is -2.35. The topological polar surface area (TPSA) is 59.0 Å². The Labute approximate surface area is 200 Å². The van der Waals surface area contributed by atoms with Gasteiger partial charge in [-0.05, 0) is 70.7 Å². The number of aliphatic carboxylic acids is 1. The number of rotatable bonds is 8. The summed E-state index contributed by atoms with van der Waals surface area (Å²) in [5, 5.41) is 9.59. The van der Waals surface area contributed by atoms with Gasteiger partial charge in [0.2, 0.25) is 0 Å². The number of likely N-dealkylation sites (tertiary alicyclic amines) is 1. The summed E-state index contributed by atoms with van der Waals surface area (Å²) in [7, 11) is 1.65. The van der Waals surface area contributed by atoms with Crippen molar-refractivity contribution in [2.75, 3.05) is 20.2 Å². The molecule has 1 N–H and O–H groups in total. The van der Waals surface area contributed by atoms with Crippen LogP contribution in [0.1, 0.15) is 34.9 Å². The largest absolute Gasteiger partial charge is 0.493 e. The summed E-state index contributed by atoms with van der Waals surface area (Å²) in [6.45, 7) is 1.85. The number of carboxylic acid groups (broad SMARTS) is 1. The second-order valence-corrected chi connectivity index (χ2v) is 10.4. The molecule has 7 heteroatoms. The molecule has 0 bridgehead atoms. The zero-order valence-corrected chi connectivity index (χ0v) is 20.3. The van der Waals surface area contributed by atoms with Gasteiger partial charge in [0.1, 0.15) is 6.61 Å². The molecule has 32 heavy (non-hydrogen) atoms. The third-order valence-corrected chi connectivity index (χ3v) is 7.45. The number of ether oxygens (including phenoxy) is 2. The van der Waals surface area contributed by atoms with Gasteiger partial charge in [-0.25, -0.2) is 0 Å². The average molecular weight is 516 g/mol. The molecular formula is C25H26BrNO4S. The van der Waals surface area contributed by atoms with Crippen LogP contribution in [-0.2, 0) is 11.4 Å². The first-order chi connectivity index (χ1) is 15.5. The maximum atomic E-state index is 11.7. The van der Waals surface area contributed by atoms with E-state index in [0.717, 1.165) is 34.3 Å². The van der Waals surface area contributed by atoms with E-state index in [1.54, 1.807) is 18.4 Å². The van der Waals surface area contributed by atoms with Crippen LogP contribution < -0.4 is 9.47 Å². The molecule has 1 aliphatic rings. The Balaban J connectivity index is 1.62. The average Bonchev–Trinajstić information content (AvgIpc) is 3.24. The zero-order valence-electron chi connectivity index (χ0n) is 17.9. The van der Waals surface area contributed by atoms with Crippen LogP contribution in [0.25, 0.3) is 0 Å². The molecule has 2 heterocycles. The number of benzene rings is 2. The fourth-order valence-corrected chi connectivity index (χ4v) is 5.77. The third-order valence-electron chi connectivity index (χ3n) is 5.77. The highest BCUT2D eigenvalue weighted by Gasteiger charge is 2.32. The van der Waals surface area contributed by atoms with Gasteiger partial charge >= 0.3 is 5.97 Å². The van der Waals surface area contributed by atoms with Gasteiger partial charge in [-0.3, -0.25) is 9.69 Å². The molecule has 0 spiro atoms. The van der Waals surface area contributed by atoms with Crippen molar-refractivity contribution in [1.29, 1.82) is 0 Å². The number of hydrogen-bond donors (Lipinski definition) is 1. The normalized spacial score (nSPS) is 17.6. The molecule has 0 amide bonds. The van der Waals surface area contributed by atoms with E-state index in [0.29, 0.717) is 24.7 Å². The SMILES string of the molecule is COc1cc(C(c2ccc(Br)s2)N2CCCC(C(=O)O)C2)ccc1OCc1ccccc1. The van der Waals surface area contributed by atoms with Crippen LogP contribution in [0, 0.1) is 5.92 Å². The quantitative estimate of drug-likeness (QED) is 0.399. The Bertz CT molecular complexity index is 1060. The number of hydrogen-bond acceptors (Lipinski definition) is 5. The van der Waals surface area contributed by atoms with Gasteiger partial charge in [0, 0.05) is 11.4 Å². The minimum Gasteiger partial charge on any atom is -0.493 e. The first kappa shape index (κ1) is 22.8. The molecule has 1 aromatic heterocycles. The molecule has 0 aliphatic carbocycles.